The highest BCUT2D eigenvalue weighted by atomic mass is 16.4. The van der Waals surface area contributed by atoms with Gasteiger partial charge in [0.2, 0.25) is 0 Å². The molecule has 2 N–H and O–H groups in total. The van der Waals surface area contributed by atoms with E-state index in [9.17, 15) is 9.59 Å². The van der Waals surface area contributed by atoms with Crippen molar-refractivity contribution >= 4 is 17.7 Å². The Hall–Kier alpha value is -2.82. The van der Waals surface area contributed by atoms with Crippen LogP contribution in [0, 0.1) is 0 Å². The minimum Gasteiger partial charge on any atom is -0.465 e. The van der Waals surface area contributed by atoms with Crippen LogP contribution in [-0.2, 0) is 0 Å². The zero-order valence-corrected chi connectivity index (χ0v) is 9.83. The van der Waals surface area contributed by atoms with Crippen molar-refractivity contribution < 1.29 is 14.7 Å². The Morgan fingerprint density at radius 2 is 1.89 bits per heavy atom. The van der Waals surface area contributed by atoms with Crippen LogP contribution in [-0.4, -0.2) is 22.1 Å². The molecular formula is C14H10N2O3. The SMILES string of the molecule is O=C(O)NC(=O)N1c2cccc1c2-c1ccccc1. The number of rotatable bonds is 1. The predicted molar refractivity (Wildman–Crippen MR) is 69.0 cm³/mol. The topological polar surface area (TPSA) is 69.6 Å². The van der Waals surface area contributed by atoms with E-state index in [0.29, 0.717) is 11.4 Å². The maximum Gasteiger partial charge on any atom is 0.412 e. The molecule has 0 spiro atoms. The Labute approximate surface area is 109 Å². The van der Waals surface area contributed by atoms with Gasteiger partial charge in [0.1, 0.15) is 0 Å². The molecule has 0 saturated carbocycles. The van der Waals surface area contributed by atoms with Crippen LogP contribution >= 0.6 is 0 Å². The molecule has 94 valence electrons. The third-order valence-corrected chi connectivity index (χ3v) is 2.98. The summed E-state index contributed by atoms with van der Waals surface area (Å²) in [5.74, 6) is 0. The number of allylic oxidation sites excluding steroid dienone is 4. The number of nitrogens with zero attached hydrogens (tertiary/aromatic N) is 1. The Kier molecular flexibility index (Phi) is 2.45. The number of benzene rings is 1. The van der Waals surface area contributed by atoms with Crippen molar-refractivity contribution in [3.05, 3.63) is 65.5 Å². The van der Waals surface area contributed by atoms with Crippen LogP contribution in [0.1, 0.15) is 5.56 Å². The molecular weight excluding hydrogens is 244 g/mol. The monoisotopic (exact) mass is 254 g/mol. The highest BCUT2D eigenvalue weighted by molar-refractivity contribution is 6.02. The van der Waals surface area contributed by atoms with Crippen LogP contribution in [0.2, 0.25) is 0 Å². The standard InChI is InChI=1S/C14H10N2O3/c17-13(15-14(18)19)16-10-7-4-8-11(16)12(10)9-5-2-1-3-6-9/h1-8H,(H,15,17)(H,18,19). The number of amides is 3. The molecule has 3 rings (SSSR count). The molecule has 5 nitrogen and oxygen atoms in total. The van der Waals surface area contributed by atoms with Gasteiger partial charge in [-0.2, -0.15) is 0 Å². The number of imide groups is 1. The molecule has 19 heavy (non-hydrogen) atoms. The summed E-state index contributed by atoms with van der Waals surface area (Å²) >= 11 is 0. The van der Waals surface area contributed by atoms with Crippen molar-refractivity contribution in [2.45, 2.75) is 0 Å². The van der Waals surface area contributed by atoms with E-state index in [4.69, 9.17) is 5.11 Å². The van der Waals surface area contributed by atoms with E-state index in [1.807, 2.05) is 41.7 Å². The second-order valence-electron chi connectivity index (χ2n) is 4.11. The Morgan fingerprint density at radius 1 is 1.16 bits per heavy atom. The number of hydrogen-bond donors (Lipinski definition) is 2. The minimum absolute atomic E-state index is 0.655. The second-order valence-corrected chi connectivity index (χ2v) is 4.11. The molecule has 0 radical (unpaired) electrons. The Balaban J connectivity index is 1.96. The lowest BCUT2D eigenvalue weighted by molar-refractivity contribution is 0.186. The number of hydrogen-bond acceptors (Lipinski definition) is 2. The Bertz CT molecular complexity index is 657. The number of nitrogens with one attached hydrogen (secondary N) is 1. The molecule has 1 aromatic carbocycles. The summed E-state index contributed by atoms with van der Waals surface area (Å²) in [6.07, 6.45) is 4.05. The first-order valence-corrected chi connectivity index (χ1v) is 5.71. The minimum atomic E-state index is -1.36. The molecule has 0 atom stereocenters. The van der Waals surface area contributed by atoms with E-state index in [-0.39, 0.29) is 0 Å². The van der Waals surface area contributed by atoms with Gasteiger partial charge in [-0.15, -0.1) is 0 Å². The highest BCUT2D eigenvalue weighted by Gasteiger charge is 2.38. The van der Waals surface area contributed by atoms with Gasteiger partial charge < -0.3 is 5.11 Å². The molecule has 0 unspecified atom stereocenters. The van der Waals surface area contributed by atoms with Crippen molar-refractivity contribution in [2.75, 3.05) is 0 Å². The first-order chi connectivity index (χ1) is 9.18. The van der Waals surface area contributed by atoms with Crippen molar-refractivity contribution in [2.24, 2.45) is 0 Å². The van der Waals surface area contributed by atoms with Gasteiger partial charge in [-0.3, -0.25) is 4.90 Å². The first kappa shape index (κ1) is 11.3. The molecule has 2 aliphatic rings. The van der Waals surface area contributed by atoms with Crippen LogP contribution < -0.4 is 5.32 Å². The summed E-state index contributed by atoms with van der Waals surface area (Å²) in [5, 5.41) is 10.4. The van der Waals surface area contributed by atoms with E-state index >= 15 is 0 Å². The molecule has 0 aromatic heterocycles. The van der Waals surface area contributed by atoms with Crippen LogP contribution in [0.5, 0.6) is 0 Å². The van der Waals surface area contributed by atoms with E-state index in [1.54, 1.807) is 12.2 Å². The smallest absolute Gasteiger partial charge is 0.412 e. The van der Waals surface area contributed by atoms with Gasteiger partial charge in [0.15, 0.2) is 0 Å². The maximum absolute atomic E-state index is 11.8. The molecule has 1 aromatic rings. The fourth-order valence-electron chi connectivity index (χ4n) is 2.24. The predicted octanol–water partition coefficient (Wildman–Crippen LogP) is 2.55. The van der Waals surface area contributed by atoms with Gasteiger partial charge in [0.25, 0.3) is 0 Å². The molecule has 2 bridgehead atoms. The number of carboxylic acid groups (broad SMARTS) is 1. The largest absolute Gasteiger partial charge is 0.465 e. The molecule has 2 aliphatic heterocycles. The third kappa shape index (κ3) is 1.72. The van der Waals surface area contributed by atoms with Gasteiger partial charge in [-0.05, 0) is 17.7 Å². The summed E-state index contributed by atoms with van der Waals surface area (Å²) in [6, 6.07) is 9.01. The average Bonchev–Trinajstić information content (AvgIpc) is 2.39. The molecule has 0 fully saturated rings. The van der Waals surface area contributed by atoms with E-state index in [2.05, 4.69) is 0 Å². The Morgan fingerprint density at radius 3 is 2.47 bits per heavy atom. The summed E-state index contributed by atoms with van der Waals surface area (Å²) in [7, 11) is 0. The summed E-state index contributed by atoms with van der Waals surface area (Å²) in [6.45, 7) is 0. The zero-order valence-electron chi connectivity index (χ0n) is 9.83. The second kappa shape index (κ2) is 4.13. The lowest BCUT2D eigenvalue weighted by Gasteiger charge is -2.40. The van der Waals surface area contributed by atoms with Crippen molar-refractivity contribution in [1.29, 1.82) is 0 Å². The van der Waals surface area contributed by atoms with E-state index < -0.39 is 12.1 Å². The molecule has 0 aliphatic carbocycles. The van der Waals surface area contributed by atoms with Crippen LogP contribution in [0.3, 0.4) is 0 Å². The summed E-state index contributed by atoms with van der Waals surface area (Å²) in [5.41, 5.74) is 3.39. The fourth-order valence-corrected chi connectivity index (χ4v) is 2.24. The van der Waals surface area contributed by atoms with Gasteiger partial charge in [-0.25, -0.2) is 14.9 Å². The average molecular weight is 254 g/mol. The molecule has 5 heteroatoms. The zero-order chi connectivity index (χ0) is 13.4. The van der Waals surface area contributed by atoms with Gasteiger partial charge in [0.05, 0.1) is 11.4 Å². The number of fused-ring (bicyclic) bond motifs is 2. The van der Waals surface area contributed by atoms with Gasteiger partial charge in [0, 0.05) is 5.57 Å². The normalized spacial score (nSPS) is 15.8. The van der Waals surface area contributed by atoms with E-state index in [1.165, 1.54) is 4.90 Å². The molecule has 3 amide bonds. The van der Waals surface area contributed by atoms with Crippen molar-refractivity contribution in [3.8, 4) is 0 Å². The molecule has 2 heterocycles. The van der Waals surface area contributed by atoms with Crippen LogP contribution in [0.4, 0.5) is 9.59 Å². The maximum atomic E-state index is 11.8. The first-order valence-electron chi connectivity index (χ1n) is 5.71. The van der Waals surface area contributed by atoms with Crippen LogP contribution in [0.25, 0.3) is 5.57 Å². The van der Waals surface area contributed by atoms with Crippen LogP contribution in [0.15, 0.2) is 60.0 Å². The third-order valence-electron chi connectivity index (χ3n) is 2.98. The van der Waals surface area contributed by atoms with Crippen molar-refractivity contribution in [1.82, 2.24) is 10.2 Å². The highest BCUT2D eigenvalue weighted by Crippen LogP contribution is 2.44. The lowest BCUT2D eigenvalue weighted by atomic mass is 9.88. The van der Waals surface area contributed by atoms with Gasteiger partial charge in [-0.1, -0.05) is 36.4 Å². The number of carbonyl (C=O) groups excluding carboxylic acids is 1. The summed E-state index contributed by atoms with van der Waals surface area (Å²) < 4.78 is 0. The number of urea groups is 1. The fraction of sp³-hybridized carbons (Fsp3) is 0. The van der Waals surface area contributed by atoms with Gasteiger partial charge >= 0.3 is 12.1 Å². The number of carbonyl (C=O) groups is 2. The van der Waals surface area contributed by atoms with E-state index in [0.717, 1.165) is 11.1 Å². The van der Waals surface area contributed by atoms with Crippen molar-refractivity contribution in [3.63, 3.8) is 0 Å². The quantitative estimate of drug-likeness (QED) is 0.809. The lowest BCUT2D eigenvalue weighted by Crippen LogP contribution is -2.46. The summed E-state index contributed by atoms with van der Waals surface area (Å²) in [4.78, 5) is 23.6. The molecule has 0 saturated heterocycles.